The molecule has 1 amide bonds. The minimum Gasteiger partial charge on any atom is -0.507 e. The lowest BCUT2D eigenvalue weighted by Gasteiger charge is -2.25. The van der Waals surface area contributed by atoms with E-state index in [0.29, 0.717) is 29.2 Å². The molecular formula is C23H25NO6. The van der Waals surface area contributed by atoms with Gasteiger partial charge in [0, 0.05) is 19.2 Å². The third kappa shape index (κ3) is 4.16. The maximum Gasteiger partial charge on any atom is 0.295 e. The van der Waals surface area contributed by atoms with E-state index in [1.807, 2.05) is 6.92 Å². The van der Waals surface area contributed by atoms with Crippen LogP contribution < -0.4 is 9.47 Å². The Morgan fingerprint density at radius 3 is 2.20 bits per heavy atom. The van der Waals surface area contributed by atoms with Gasteiger partial charge >= 0.3 is 0 Å². The lowest BCUT2D eigenvalue weighted by atomic mass is 9.95. The summed E-state index contributed by atoms with van der Waals surface area (Å²) in [5, 5.41) is 11.0. The molecule has 2 aromatic carbocycles. The molecule has 30 heavy (non-hydrogen) atoms. The molecule has 2 aromatic rings. The zero-order valence-electron chi connectivity index (χ0n) is 17.3. The number of ketones is 1. The van der Waals surface area contributed by atoms with Crippen LogP contribution in [0.25, 0.3) is 5.76 Å². The number of nitrogens with zero attached hydrogens (tertiary/aromatic N) is 1. The Labute approximate surface area is 175 Å². The molecule has 1 saturated heterocycles. The highest BCUT2D eigenvalue weighted by atomic mass is 16.5. The van der Waals surface area contributed by atoms with Crippen LogP contribution in [-0.2, 0) is 14.3 Å². The number of carbonyl (C=O) groups is 2. The van der Waals surface area contributed by atoms with Gasteiger partial charge in [0.05, 0.1) is 31.9 Å². The smallest absolute Gasteiger partial charge is 0.295 e. The molecule has 0 aromatic heterocycles. The molecule has 1 aliphatic rings. The summed E-state index contributed by atoms with van der Waals surface area (Å²) in [5.74, 6) is -0.309. The van der Waals surface area contributed by atoms with Crippen molar-refractivity contribution >= 4 is 17.4 Å². The van der Waals surface area contributed by atoms with Gasteiger partial charge in [-0.3, -0.25) is 9.59 Å². The van der Waals surface area contributed by atoms with Crippen molar-refractivity contribution in [2.75, 3.05) is 34.0 Å². The second kappa shape index (κ2) is 9.45. The number of aliphatic hydroxyl groups excluding tert-OH is 1. The molecule has 1 atom stereocenters. The average Bonchev–Trinajstić information content (AvgIpc) is 3.02. The van der Waals surface area contributed by atoms with Gasteiger partial charge in [0.25, 0.3) is 11.7 Å². The first-order valence-corrected chi connectivity index (χ1v) is 9.66. The van der Waals surface area contributed by atoms with Gasteiger partial charge < -0.3 is 24.2 Å². The van der Waals surface area contributed by atoms with E-state index in [9.17, 15) is 14.7 Å². The van der Waals surface area contributed by atoms with E-state index in [4.69, 9.17) is 14.2 Å². The fraction of sp³-hybridized carbons (Fsp3) is 0.304. The van der Waals surface area contributed by atoms with Crippen LogP contribution in [0.1, 0.15) is 24.1 Å². The molecule has 158 valence electrons. The minimum absolute atomic E-state index is 0.0467. The van der Waals surface area contributed by atoms with Crippen LogP contribution in [0.5, 0.6) is 11.5 Å². The summed E-state index contributed by atoms with van der Waals surface area (Å²) in [4.78, 5) is 27.0. The molecular weight excluding hydrogens is 386 g/mol. The Morgan fingerprint density at radius 2 is 1.63 bits per heavy atom. The summed E-state index contributed by atoms with van der Waals surface area (Å²) in [7, 11) is 3.09. The normalized spacial score (nSPS) is 18.0. The molecule has 1 heterocycles. The molecule has 7 heteroatoms. The fourth-order valence-corrected chi connectivity index (χ4v) is 3.46. The summed E-state index contributed by atoms with van der Waals surface area (Å²) in [6, 6.07) is 13.1. The van der Waals surface area contributed by atoms with Crippen molar-refractivity contribution in [1.82, 2.24) is 4.90 Å². The van der Waals surface area contributed by atoms with E-state index in [1.54, 1.807) is 55.6 Å². The van der Waals surface area contributed by atoms with Crippen molar-refractivity contribution in [3.05, 3.63) is 65.2 Å². The van der Waals surface area contributed by atoms with Crippen LogP contribution in [0.15, 0.2) is 54.1 Å². The predicted octanol–water partition coefficient (Wildman–Crippen LogP) is 3.16. The summed E-state index contributed by atoms with van der Waals surface area (Å²) < 4.78 is 15.7. The lowest BCUT2D eigenvalue weighted by Crippen LogP contribution is -2.32. The van der Waals surface area contributed by atoms with Crippen molar-refractivity contribution in [2.45, 2.75) is 13.0 Å². The third-order valence-corrected chi connectivity index (χ3v) is 4.95. The first-order valence-electron chi connectivity index (χ1n) is 9.66. The van der Waals surface area contributed by atoms with E-state index in [-0.39, 0.29) is 24.5 Å². The number of likely N-dealkylation sites (tertiary alicyclic amines) is 1. The first-order chi connectivity index (χ1) is 14.5. The number of aliphatic hydroxyl groups is 1. The summed E-state index contributed by atoms with van der Waals surface area (Å²) in [6.45, 7) is 2.89. The van der Waals surface area contributed by atoms with Crippen LogP contribution in [0.4, 0.5) is 0 Å². The van der Waals surface area contributed by atoms with Crippen molar-refractivity contribution in [3.63, 3.8) is 0 Å². The van der Waals surface area contributed by atoms with Gasteiger partial charge in [0.1, 0.15) is 17.3 Å². The van der Waals surface area contributed by atoms with Crippen molar-refractivity contribution in [1.29, 1.82) is 0 Å². The number of ether oxygens (including phenoxy) is 3. The number of rotatable bonds is 8. The summed E-state index contributed by atoms with van der Waals surface area (Å²) in [5.41, 5.74) is 1.17. The zero-order valence-corrected chi connectivity index (χ0v) is 17.3. The Hall–Kier alpha value is -3.32. The third-order valence-electron chi connectivity index (χ3n) is 4.95. The van der Waals surface area contributed by atoms with E-state index in [0.717, 1.165) is 0 Å². The monoisotopic (exact) mass is 411 g/mol. The molecule has 0 radical (unpaired) electrons. The first kappa shape index (κ1) is 21.4. The standard InChI is InChI=1S/C23H25NO6/c1-4-30-18-11-7-16(8-12-18)21(25)19-20(15-5-9-17(29-3)10-6-15)24(13-14-28-2)23(27)22(19)26/h5-12,20,25H,4,13-14H2,1-3H3. The van der Waals surface area contributed by atoms with Crippen LogP contribution >= 0.6 is 0 Å². The van der Waals surface area contributed by atoms with Crippen molar-refractivity contribution in [3.8, 4) is 11.5 Å². The van der Waals surface area contributed by atoms with Gasteiger partial charge in [-0.25, -0.2) is 0 Å². The Kier molecular flexibility index (Phi) is 6.74. The van der Waals surface area contributed by atoms with Crippen LogP contribution in [0.2, 0.25) is 0 Å². The van der Waals surface area contributed by atoms with Crippen LogP contribution in [-0.4, -0.2) is 55.7 Å². The number of carbonyl (C=O) groups excluding carboxylic acids is 2. The molecule has 3 rings (SSSR count). The topological polar surface area (TPSA) is 85.3 Å². The van der Waals surface area contributed by atoms with Gasteiger partial charge in [-0.05, 0) is 48.9 Å². The minimum atomic E-state index is -0.724. The number of benzene rings is 2. The quantitative estimate of drug-likeness (QED) is 0.408. The van der Waals surface area contributed by atoms with Crippen LogP contribution in [0, 0.1) is 0 Å². The molecule has 7 nitrogen and oxygen atoms in total. The van der Waals surface area contributed by atoms with E-state index >= 15 is 0 Å². The van der Waals surface area contributed by atoms with Gasteiger partial charge in [-0.15, -0.1) is 0 Å². The Morgan fingerprint density at radius 1 is 1.00 bits per heavy atom. The van der Waals surface area contributed by atoms with E-state index in [2.05, 4.69) is 0 Å². The molecule has 0 aliphatic carbocycles. The van der Waals surface area contributed by atoms with Crippen molar-refractivity contribution in [2.24, 2.45) is 0 Å². The number of methoxy groups -OCH3 is 2. The Balaban J connectivity index is 2.08. The molecule has 0 spiro atoms. The molecule has 1 aliphatic heterocycles. The molecule has 0 bridgehead atoms. The van der Waals surface area contributed by atoms with Gasteiger partial charge in [-0.2, -0.15) is 0 Å². The van der Waals surface area contributed by atoms with E-state index in [1.165, 1.54) is 12.0 Å². The Bertz CT molecular complexity index is 933. The van der Waals surface area contributed by atoms with E-state index < -0.39 is 17.7 Å². The second-order valence-electron chi connectivity index (χ2n) is 6.72. The highest BCUT2D eigenvalue weighted by Gasteiger charge is 2.45. The highest BCUT2D eigenvalue weighted by molar-refractivity contribution is 6.46. The predicted molar refractivity (Wildman–Crippen MR) is 111 cm³/mol. The molecule has 1 fully saturated rings. The van der Waals surface area contributed by atoms with Gasteiger partial charge in [0.15, 0.2) is 0 Å². The van der Waals surface area contributed by atoms with Crippen LogP contribution in [0.3, 0.4) is 0 Å². The van der Waals surface area contributed by atoms with Gasteiger partial charge in [-0.1, -0.05) is 12.1 Å². The molecule has 0 saturated carbocycles. The molecule has 1 unspecified atom stereocenters. The average molecular weight is 411 g/mol. The van der Waals surface area contributed by atoms with Crippen molar-refractivity contribution < 1.29 is 28.9 Å². The number of hydrogen-bond acceptors (Lipinski definition) is 6. The maximum absolute atomic E-state index is 12.9. The second-order valence-corrected chi connectivity index (χ2v) is 6.72. The lowest BCUT2D eigenvalue weighted by molar-refractivity contribution is -0.140. The molecule has 1 N–H and O–H groups in total. The zero-order chi connectivity index (χ0) is 21.7. The summed E-state index contributed by atoms with van der Waals surface area (Å²) >= 11 is 0. The SMILES string of the molecule is CCOc1ccc(C(O)=C2C(=O)C(=O)N(CCOC)C2c2ccc(OC)cc2)cc1. The number of amides is 1. The number of hydrogen-bond donors (Lipinski definition) is 1. The maximum atomic E-state index is 12.9. The van der Waals surface area contributed by atoms with Gasteiger partial charge in [0.2, 0.25) is 0 Å². The highest BCUT2D eigenvalue weighted by Crippen LogP contribution is 2.39. The summed E-state index contributed by atoms with van der Waals surface area (Å²) in [6.07, 6.45) is 0. The fourth-order valence-electron chi connectivity index (χ4n) is 3.46. The largest absolute Gasteiger partial charge is 0.507 e. The number of Topliss-reactive ketones (excluding diaryl/α,β-unsaturated/α-hetero) is 1.